The van der Waals surface area contributed by atoms with Gasteiger partial charge in [0.25, 0.3) is 5.91 Å². The molecule has 7 heteroatoms. The number of hydrogen-bond donors (Lipinski definition) is 1. The van der Waals surface area contributed by atoms with E-state index in [0.717, 1.165) is 59.5 Å². The van der Waals surface area contributed by atoms with Crippen molar-refractivity contribution in [2.75, 3.05) is 32.1 Å². The van der Waals surface area contributed by atoms with Crippen LogP contribution in [0.1, 0.15) is 66.9 Å². The maximum atomic E-state index is 12.8. The number of carbonyl (C=O) groups is 1. The summed E-state index contributed by atoms with van der Waals surface area (Å²) < 4.78 is 2.37. The minimum Gasteiger partial charge on any atom is -0.367 e. The first-order valence-electron chi connectivity index (χ1n) is 13.4. The van der Waals surface area contributed by atoms with E-state index in [1.54, 1.807) is 0 Å². The van der Waals surface area contributed by atoms with E-state index in [2.05, 4.69) is 52.7 Å². The van der Waals surface area contributed by atoms with Crippen molar-refractivity contribution in [3.05, 3.63) is 41.7 Å². The van der Waals surface area contributed by atoms with E-state index >= 15 is 0 Å². The second-order valence-corrected chi connectivity index (χ2v) is 10.9. The van der Waals surface area contributed by atoms with Crippen LogP contribution in [0.2, 0.25) is 0 Å². The molecule has 0 spiro atoms. The number of fused-ring (bicyclic) bond motifs is 2. The fraction of sp³-hybridized carbons (Fsp3) is 0.483. The van der Waals surface area contributed by atoms with Crippen molar-refractivity contribution in [2.24, 2.45) is 10.7 Å². The molecule has 1 aromatic heterocycles. The molecule has 3 aromatic rings. The Morgan fingerprint density at radius 1 is 1.11 bits per heavy atom. The summed E-state index contributed by atoms with van der Waals surface area (Å²) >= 11 is 0. The van der Waals surface area contributed by atoms with Gasteiger partial charge in [-0.1, -0.05) is 25.3 Å². The van der Waals surface area contributed by atoms with Gasteiger partial charge in [0.05, 0.1) is 34.3 Å². The number of primary amides is 1. The molecule has 1 atom stereocenters. The SMILES string of the molecule is CN(C)CC1CCCN1c1cc(-c2ccc3c(c2)ncn3C2CCCCC2)c2c(c1C(N)=O)CC=N2. The lowest BCUT2D eigenvalue weighted by molar-refractivity contribution is 0.1000. The Labute approximate surface area is 213 Å². The van der Waals surface area contributed by atoms with Crippen LogP contribution in [0.15, 0.2) is 35.6 Å². The highest BCUT2D eigenvalue weighted by Crippen LogP contribution is 2.45. The van der Waals surface area contributed by atoms with Gasteiger partial charge < -0.3 is 20.1 Å². The van der Waals surface area contributed by atoms with Gasteiger partial charge in [-0.3, -0.25) is 9.79 Å². The number of imidazole rings is 1. The van der Waals surface area contributed by atoms with Gasteiger partial charge in [0.15, 0.2) is 0 Å². The van der Waals surface area contributed by atoms with Crippen LogP contribution in [0, 0.1) is 0 Å². The number of amides is 1. The number of nitrogens with two attached hydrogens (primary N) is 1. The van der Waals surface area contributed by atoms with Gasteiger partial charge in [-0.05, 0) is 69.1 Å². The first-order chi connectivity index (χ1) is 17.5. The Bertz CT molecular complexity index is 1330. The van der Waals surface area contributed by atoms with Crippen molar-refractivity contribution >= 4 is 34.5 Å². The molecule has 1 aliphatic carbocycles. The Morgan fingerprint density at radius 2 is 1.94 bits per heavy atom. The van der Waals surface area contributed by atoms with Gasteiger partial charge in [-0.2, -0.15) is 0 Å². The van der Waals surface area contributed by atoms with Gasteiger partial charge >= 0.3 is 0 Å². The number of benzene rings is 2. The first-order valence-corrected chi connectivity index (χ1v) is 13.4. The predicted molar refractivity (Wildman–Crippen MR) is 147 cm³/mol. The normalized spacial score (nSPS) is 20.1. The smallest absolute Gasteiger partial charge is 0.251 e. The minimum absolute atomic E-state index is 0.361. The van der Waals surface area contributed by atoms with Gasteiger partial charge in [0, 0.05) is 43.4 Å². The van der Waals surface area contributed by atoms with Crippen LogP contribution in [0.4, 0.5) is 11.4 Å². The average Bonchev–Trinajstić information content (AvgIpc) is 3.62. The van der Waals surface area contributed by atoms with Crippen LogP contribution in [-0.4, -0.2) is 59.8 Å². The largest absolute Gasteiger partial charge is 0.367 e. The van der Waals surface area contributed by atoms with Crippen molar-refractivity contribution in [3.63, 3.8) is 0 Å². The fourth-order valence-electron chi connectivity index (χ4n) is 6.62. The number of aliphatic imine (C=N–C) groups is 1. The van der Waals surface area contributed by atoms with Gasteiger partial charge in [0.1, 0.15) is 0 Å². The van der Waals surface area contributed by atoms with Gasteiger partial charge in [-0.15, -0.1) is 0 Å². The molecule has 1 amide bonds. The van der Waals surface area contributed by atoms with Crippen molar-refractivity contribution in [1.29, 1.82) is 0 Å². The average molecular weight is 485 g/mol. The molecule has 1 saturated carbocycles. The monoisotopic (exact) mass is 484 g/mol. The molecule has 3 heterocycles. The standard InChI is InChI=1S/C29H36N6O/c1-33(2)17-21-9-6-14-34(21)26-16-23(28-22(12-13-31-28)27(26)29(30)36)19-10-11-25-24(15-19)32-18-35(25)20-7-4-3-5-8-20/h10-11,13,15-16,18,20-21H,3-9,12,14,17H2,1-2H3,(H2,30,36). The highest BCUT2D eigenvalue weighted by molar-refractivity contribution is 6.06. The predicted octanol–water partition coefficient (Wildman–Crippen LogP) is 5.10. The molecule has 36 heavy (non-hydrogen) atoms. The summed E-state index contributed by atoms with van der Waals surface area (Å²) in [5.41, 5.74) is 13.8. The topological polar surface area (TPSA) is 79.8 Å². The van der Waals surface area contributed by atoms with E-state index in [0.29, 0.717) is 24.1 Å². The number of nitrogens with zero attached hydrogens (tertiary/aromatic N) is 5. The highest BCUT2D eigenvalue weighted by atomic mass is 16.1. The Morgan fingerprint density at radius 3 is 2.72 bits per heavy atom. The van der Waals surface area contributed by atoms with Crippen LogP contribution in [0.25, 0.3) is 22.2 Å². The summed E-state index contributed by atoms with van der Waals surface area (Å²) in [6, 6.07) is 9.67. The molecule has 2 aliphatic heterocycles. The first kappa shape index (κ1) is 23.2. The zero-order chi connectivity index (χ0) is 24.8. The second kappa shape index (κ2) is 9.36. The molecule has 2 N–H and O–H groups in total. The lowest BCUT2D eigenvalue weighted by atomic mass is 9.92. The molecular formula is C29H36N6O. The zero-order valence-corrected chi connectivity index (χ0v) is 21.4. The minimum atomic E-state index is -0.365. The molecule has 2 aromatic carbocycles. The van der Waals surface area contributed by atoms with E-state index in [1.807, 2.05) is 12.5 Å². The quantitative estimate of drug-likeness (QED) is 0.528. The Hall–Kier alpha value is -3.19. The Balaban J connectivity index is 1.46. The fourth-order valence-corrected chi connectivity index (χ4v) is 6.62. The second-order valence-electron chi connectivity index (χ2n) is 10.9. The van der Waals surface area contributed by atoms with E-state index in [9.17, 15) is 4.79 Å². The third-order valence-electron chi connectivity index (χ3n) is 8.26. The summed E-state index contributed by atoms with van der Waals surface area (Å²) in [5, 5.41) is 0. The molecule has 3 aliphatic rings. The van der Waals surface area contributed by atoms with Gasteiger partial charge in [0.2, 0.25) is 0 Å². The number of aromatic nitrogens is 2. The highest BCUT2D eigenvalue weighted by Gasteiger charge is 2.32. The van der Waals surface area contributed by atoms with Crippen molar-refractivity contribution in [2.45, 2.75) is 63.5 Å². The zero-order valence-electron chi connectivity index (χ0n) is 21.4. The number of hydrogen-bond acceptors (Lipinski definition) is 5. The van der Waals surface area contributed by atoms with Crippen LogP contribution in [0.5, 0.6) is 0 Å². The van der Waals surface area contributed by atoms with Crippen molar-refractivity contribution in [1.82, 2.24) is 14.5 Å². The number of rotatable bonds is 6. The van der Waals surface area contributed by atoms with E-state index in [4.69, 9.17) is 15.7 Å². The third kappa shape index (κ3) is 3.99. The molecule has 1 saturated heterocycles. The van der Waals surface area contributed by atoms with E-state index < -0.39 is 0 Å². The van der Waals surface area contributed by atoms with Crippen molar-refractivity contribution < 1.29 is 4.79 Å². The number of likely N-dealkylation sites (N-methyl/N-ethyl adjacent to an activating group) is 1. The molecule has 188 valence electrons. The van der Waals surface area contributed by atoms with E-state index in [1.165, 1.54) is 37.6 Å². The van der Waals surface area contributed by atoms with Gasteiger partial charge in [-0.25, -0.2) is 4.98 Å². The molecular weight excluding hydrogens is 448 g/mol. The van der Waals surface area contributed by atoms with Crippen LogP contribution in [0.3, 0.4) is 0 Å². The molecule has 1 unspecified atom stereocenters. The maximum absolute atomic E-state index is 12.8. The molecule has 0 radical (unpaired) electrons. The van der Waals surface area contributed by atoms with Crippen LogP contribution in [-0.2, 0) is 6.42 Å². The summed E-state index contributed by atoms with van der Waals surface area (Å²) in [5.74, 6) is -0.365. The lowest BCUT2D eigenvalue weighted by Gasteiger charge is -2.31. The summed E-state index contributed by atoms with van der Waals surface area (Å²) in [7, 11) is 4.21. The van der Waals surface area contributed by atoms with E-state index in [-0.39, 0.29) is 5.91 Å². The lowest BCUT2D eigenvalue weighted by Crippen LogP contribution is -2.38. The van der Waals surface area contributed by atoms with Crippen molar-refractivity contribution in [3.8, 4) is 11.1 Å². The maximum Gasteiger partial charge on any atom is 0.251 e. The molecule has 7 nitrogen and oxygen atoms in total. The third-order valence-corrected chi connectivity index (χ3v) is 8.26. The number of anilines is 1. The number of carbonyl (C=O) groups excluding carboxylic acids is 1. The summed E-state index contributed by atoms with van der Waals surface area (Å²) in [6.45, 7) is 1.88. The van der Waals surface area contributed by atoms with Crippen LogP contribution < -0.4 is 10.6 Å². The summed E-state index contributed by atoms with van der Waals surface area (Å²) in [4.78, 5) is 26.9. The van der Waals surface area contributed by atoms with Crippen LogP contribution >= 0.6 is 0 Å². The Kier molecular flexibility index (Phi) is 6.04. The molecule has 6 rings (SSSR count). The molecule has 0 bridgehead atoms. The summed E-state index contributed by atoms with van der Waals surface area (Å²) in [6.07, 6.45) is 13.2. The molecule has 2 fully saturated rings.